The van der Waals surface area contributed by atoms with Crippen molar-refractivity contribution in [1.29, 1.82) is 0 Å². The van der Waals surface area contributed by atoms with Crippen LogP contribution in [-0.4, -0.2) is 103 Å². The number of anilines is 1. The smallest absolute Gasteiger partial charge is 0.408 e. The van der Waals surface area contributed by atoms with Gasteiger partial charge in [0.2, 0.25) is 11.8 Å². The number of halogens is 1. The second-order valence-electron chi connectivity index (χ2n) is 17.7. The van der Waals surface area contributed by atoms with Crippen molar-refractivity contribution in [2.45, 2.75) is 128 Å². The van der Waals surface area contributed by atoms with Crippen LogP contribution in [0.15, 0.2) is 36.2 Å². The van der Waals surface area contributed by atoms with Gasteiger partial charge in [0.15, 0.2) is 5.13 Å². The van der Waals surface area contributed by atoms with Gasteiger partial charge in [-0.05, 0) is 76.3 Å². The number of benzene rings is 1. The number of fused-ring (bicyclic) bond motifs is 1. The minimum absolute atomic E-state index is 0.0529. The molecule has 4 N–H and O–H groups in total. The number of amides is 4. The van der Waals surface area contributed by atoms with Crippen molar-refractivity contribution in [3.63, 3.8) is 0 Å². The normalized spacial score (nSPS) is 23.2. The van der Waals surface area contributed by atoms with E-state index < -0.39 is 75.3 Å². The van der Waals surface area contributed by atoms with Crippen molar-refractivity contribution in [3.05, 3.63) is 41.3 Å². The Morgan fingerprint density at radius 2 is 1.76 bits per heavy atom. The Balaban J connectivity index is 1.22. The zero-order chi connectivity index (χ0) is 44.7. The summed E-state index contributed by atoms with van der Waals surface area (Å²) in [6.07, 6.45) is 3.55. The Hall–Kier alpha value is -4.72. The summed E-state index contributed by atoms with van der Waals surface area (Å²) in [5.41, 5.74) is -1.15. The first-order valence-electron chi connectivity index (χ1n) is 20.8. The van der Waals surface area contributed by atoms with Gasteiger partial charge in [-0.15, -0.1) is 17.9 Å². The zero-order valence-corrected chi connectivity index (χ0v) is 38.0. The molecule has 0 radical (unpaired) electrons. The van der Waals surface area contributed by atoms with Gasteiger partial charge in [-0.25, -0.2) is 19.5 Å². The molecule has 2 aromatic heterocycles. The lowest BCUT2D eigenvalue weighted by atomic mass is 9.85. The van der Waals surface area contributed by atoms with Crippen molar-refractivity contribution in [1.82, 2.24) is 30.2 Å². The third-order valence-electron chi connectivity index (χ3n) is 11.4. The SMILES string of the molecule is C=C[C@@H]1C[C@]1(NC(=O)[C@@H]1C[C@@H](Oc2cc(-c3csc(NC(C)C)n3)nc3c(Cl)c(OC)ccc23)CN1C(=O)[C@@H](NC(=O)OC1CCCC1)C(C)(C)C)C(=O)NS(=O)(=O)OC1CC1. The van der Waals surface area contributed by atoms with Crippen molar-refractivity contribution < 1.29 is 46.0 Å². The molecule has 0 spiro atoms. The van der Waals surface area contributed by atoms with E-state index in [-0.39, 0.29) is 36.6 Å². The van der Waals surface area contributed by atoms with Crippen LogP contribution in [0.25, 0.3) is 22.3 Å². The number of ether oxygens (including phenoxy) is 3. The third kappa shape index (κ3) is 10.1. The van der Waals surface area contributed by atoms with Crippen LogP contribution >= 0.6 is 22.9 Å². The first-order chi connectivity index (χ1) is 29.3. The fourth-order valence-electron chi connectivity index (χ4n) is 7.89. The molecular weight excluding hydrogens is 862 g/mol. The largest absolute Gasteiger partial charge is 0.495 e. The van der Waals surface area contributed by atoms with Crippen molar-refractivity contribution in [2.75, 3.05) is 19.0 Å². The number of carbonyl (C=O) groups is 4. The molecule has 20 heteroatoms. The van der Waals surface area contributed by atoms with Crippen LogP contribution < -0.4 is 30.1 Å². The van der Waals surface area contributed by atoms with E-state index in [2.05, 4.69) is 22.5 Å². The Bertz CT molecular complexity index is 2340. The Kier molecular flexibility index (Phi) is 13.0. The maximum Gasteiger partial charge on any atom is 0.408 e. The number of nitrogens with zero attached hydrogens (tertiary/aromatic N) is 3. The quantitative estimate of drug-likeness (QED) is 0.124. The Morgan fingerprint density at radius 3 is 2.39 bits per heavy atom. The average Bonchev–Trinajstić information content (AvgIpc) is 3.90. The van der Waals surface area contributed by atoms with E-state index in [1.165, 1.54) is 29.4 Å². The highest BCUT2D eigenvalue weighted by molar-refractivity contribution is 7.85. The predicted octanol–water partition coefficient (Wildman–Crippen LogP) is 5.87. The number of likely N-dealkylation sites (tertiary alicyclic amines) is 1. The average molecular weight is 917 g/mol. The van der Waals surface area contributed by atoms with E-state index >= 15 is 0 Å². The molecule has 0 unspecified atom stereocenters. The van der Waals surface area contributed by atoms with Crippen LogP contribution in [-0.2, 0) is 33.6 Å². The minimum Gasteiger partial charge on any atom is -0.495 e. The lowest BCUT2D eigenvalue weighted by Gasteiger charge is -2.35. The zero-order valence-electron chi connectivity index (χ0n) is 35.6. The van der Waals surface area contributed by atoms with Gasteiger partial charge in [-0.2, -0.15) is 8.42 Å². The summed E-state index contributed by atoms with van der Waals surface area (Å²) >= 11 is 8.25. The number of methoxy groups -OCH3 is 1. The van der Waals surface area contributed by atoms with Crippen LogP contribution in [0, 0.1) is 11.3 Å². The lowest BCUT2D eigenvalue weighted by molar-refractivity contribution is -0.143. The fraction of sp³-hybridized carbons (Fsp3) is 0.571. The summed E-state index contributed by atoms with van der Waals surface area (Å²) in [5.74, 6) is -2.18. The number of pyridine rings is 1. The van der Waals surface area contributed by atoms with Crippen LogP contribution in [0.2, 0.25) is 5.02 Å². The van der Waals surface area contributed by atoms with Gasteiger partial charge in [0.25, 0.3) is 5.91 Å². The van der Waals surface area contributed by atoms with E-state index in [4.69, 9.17) is 40.0 Å². The van der Waals surface area contributed by atoms with Crippen molar-refractivity contribution in [2.24, 2.45) is 11.3 Å². The molecule has 4 aliphatic rings. The van der Waals surface area contributed by atoms with Crippen molar-refractivity contribution >= 4 is 73.1 Å². The fourth-order valence-corrected chi connectivity index (χ4v) is 10.0. The van der Waals surface area contributed by atoms with Gasteiger partial charge < -0.3 is 35.1 Å². The molecule has 17 nitrogen and oxygen atoms in total. The number of alkyl carbamates (subject to hydrolysis) is 1. The number of hydrogen-bond acceptors (Lipinski definition) is 14. The number of nitrogens with one attached hydrogen (secondary N) is 4. The summed E-state index contributed by atoms with van der Waals surface area (Å²) < 4.78 is 50.3. The monoisotopic (exact) mass is 915 g/mol. The lowest BCUT2D eigenvalue weighted by Crippen LogP contribution is -2.60. The summed E-state index contributed by atoms with van der Waals surface area (Å²) in [6.45, 7) is 13.0. The van der Waals surface area contributed by atoms with E-state index in [1.54, 1.807) is 39.0 Å². The second kappa shape index (κ2) is 17.8. The van der Waals surface area contributed by atoms with Crippen LogP contribution in [0.5, 0.6) is 11.5 Å². The third-order valence-corrected chi connectivity index (χ3v) is 13.5. The summed E-state index contributed by atoms with van der Waals surface area (Å²) in [7, 11) is -2.97. The molecule has 3 heterocycles. The first kappa shape index (κ1) is 45.3. The molecule has 3 saturated carbocycles. The van der Waals surface area contributed by atoms with E-state index in [0.717, 1.165) is 25.7 Å². The topological polar surface area (TPSA) is 216 Å². The van der Waals surface area contributed by atoms with Gasteiger partial charge in [-0.1, -0.05) is 38.4 Å². The first-order valence-corrected chi connectivity index (χ1v) is 23.5. The molecule has 4 amide bonds. The predicted molar refractivity (Wildman–Crippen MR) is 233 cm³/mol. The highest BCUT2D eigenvalue weighted by Gasteiger charge is 2.62. The van der Waals surface area contributed by atoms with Crippen LogP contribution in [0.3, 0.4) is 0 Å². The summed E-state index contributed by atoms with van der Waals surface area (Å²) in [4.78, 5) is 67.2. The standard InChI is InChI=1S/C42H54ClN7O10S2/c1-8-23-19-42(23,38(53)49-62(55,56)60-25-13-14-25)48-36(51)30-17-26(20-50(30)37(52)35(41(4,5)6)47-40(54)59-24-11-9-10-12-24)58-32-18-28(29-21-61-39(46-29)44-22(2)3)45-34-27(32)15-16-31(57-7)33(34)43/h8,15-16,18,21-26,30,35H,1,9-14,17,19-20H2,2-7H3,(H,44,46)(H,47,54)(H,48,51)(H,49,53)/t23-,26-,30+,35-,42-/m1/s1. The maximum atomic E-state index is 14.8. The van der Waals surface area contributed by atoms with Gasteiger partial charge >= 0.3 is 16.4 Å². The Morgan fingerprint density at radius 1 is 1.03 bits per heavy atom. The van der Waals surface area contributed by atoms with Crippen LogP contribution in [0.1, 0.15) is 86.0 Å². The number of hydrogen-bond donors (Lipinski definition) is 4. The number of aromatic nitrogens is 2. The molecule has 0 bridgehead atoms. The van der Waals surface area contributed by atoms with Gasteiger partial charge in [0.05, 0.1) is 31.0 Å². The highest BCUT2D eigenvalue weighted by atomic mass is 35.5. The molecule has 1 aliphatic heterocycles. The summed E-state index contributed by atoms with van der Waals surface area (Å²) in [6, 6.07) is 2.92. The Labute approximate surface area is 370 Å². The number of rotatable bonds is 16. The molecule has 4 fully saturated rings. The molecule has 7 rings (SSSR count). The van der Waals surface area contributed by atoms with Gasteiger partial charge in [-0.3, -0.25) is 18.6 Å². The van der Waals surface area contributed by atoms with Crippen LogP contribution in [0.4, 0.5) is 9.93 Å². The molecule has 1 saturated heterocycles. The van der Waals surface area contributed by atoms with Gasteiger partial charge in [0.1, 0.15) is 52.0 Å². The number of carbonyl (C=O) groups excluding carboxylic acids is 4. The van der Waals surface area contributed by atoms with Gasteiger partial charge in [0, 0.05) is 35.2 Å². The molecule has 5 atom stereocenters. The molecule has 3 aliphatic carbocycles. The molecule has 1 aromatic carbocycles. The van der Waals surface area contributed by atoms with E-state index in [9.17, 15) is 27.6 Å². The number of thiazole rings is 1. The highest BCUT2D eigenvalue weighted by Crippen LogP contribution is 2.46. The van der Waals surface area contributed by atoms with E-state index in [1.807, 2.05) is 23.9 Å². The molecule has 336 valence electrons. The second-order valence-corrected chi connectivity index (χ2v) is 20.3. The van der Waals surface area contributed by atoms with Crippen molar-refractivity contribution in [3.8, 4) is 22.9 Å². The molecule has 3 aromatic rings. The maximum absolute atomic E-state index is 14.8. The molecule has 62 heavy (non-hydrogen) atoms. The summed E-state index contributed by atoms with van der Waals surface area (Å²) in [5, 5.41) is 12.2. The van der Waals surface area contributed by atoms with E-state index in [0.29, 0.717) is 51.8 Å². The molecular formula is C42H54ClN7O10S2. The minimum atomic E-state index is -4.47.